The van der Waals surface area contributed by atoms with Crippen LogP contribution in [0.5, 0.6) is 0 Å². The summed E-state index contributed by atoms with van der Waals surface area (Å²) in [6.45, 7) is 4.24. The van der Waals surface area contributed by atoms with Crippen molar-refractivity contribution in [3.05, 3.63) is 58.7 Å². The molecule has 3 N–H and O–H groups in total. The molecule has 0 aliphatic rings. The number of nitrogens with zero attached hydrogens (tertiary/aromatic N) is 1. The first-order chi connectivity index (χ1) is 14.3. The van der Waals surface area contributed by atoms with Crippen LogP contribution >= 0.6 is 11.6 Å². The van der Waals surface area contributed by atoms with Gasteiger partial charge in [-0.05, 0) is 62.7 Å². The maximum atomic E-state index is 12.8. The van der Waals surface area contributed by atoms with E-state index in [1.807, 2.05) is 23.8 Å². The van der Waals surface area contributed by atoms with Crippen molar-refractivity contribution in [1.29, 1.82) is 0 Å². The third-order valence-electron chi connectivity index (χ3n) is 4.79. The third-order valence-corrected chi connectivity index (χ3v) is 6.64. The number of benzene rings is 2. The number of anilines is 1. The lowest BCUT2D eigenvalue weighted by atomic mass is 10.1. The van der Waals surface area contributed by atoms with Crippen LogP contribution in [0.2, 0.25) is 5.02 Å². The van der Waals surface area contributed by atoms with Gasteiger partial charge < -0.3 is 15.0 Å². The molecular weight excluding hydrogens is 442 g/mol. The van der Waals surface area contributed by atoms with Crippen molar-refractivity contribution in [2.75, 3.05) is 5.32 Å². The maximum Gasteiger partial charge on any atom is 0.272 e. The van der Waals surface area contributed by atoms with Gasteiger partial charge in [0, 0.05) is 23.6 Å². The van der Waals surface area contributed by atoms with E-state index in [1.165, 1.54) is 38.1 Å². The van der Waals surface area contributed by atoms with Crippen LogP contribution < -0.4 is 10.0 Å². The maximum absolute atomic E-state index is 12.8. The monoisotopic (exact) mass is 463 g/mol. The van der Waals surface area contributed by atoms with Gasteiger partial charge in [0.2, 0.25) is 0 Å². The number of aliphatic hydroxyl groups is 1. The molecule has 0 saturated heterocycles. The van der Waals surface area contributed by atoms with Crippen molar-refractivity contribution in [2.24, 2.45) is 7.05 Å². The SMILES string of the molecule is Cc1ccc2c(cc(C(=O)Nc3ccc(S(=O)(=O)NC(=O)C(C)(C)O)cc3)n2C)c1Cl. The number of fused-ring (bicyclic) bond motifs is 1. The Kier molecular flexibility index (Phi) is 5.88. The van der Waals surface area contributed by atoms with Crippen LogP contribution in [0.25, 0.3) is 10.9 Å². The summed E-state index contributed by atoms with van der Waals surface area (Å²) in [7, 11) is -2.41. The lowest BCUT2D eigenvalue weighted by molar-refractivity contribution is -0.134. The van der Waals surface area contributed by atoms with Gasteiger partial charge in [-0.25, -0.2) is 13.1 Å². The van der Waals surface area contributed by atoms with Gasteiger partial charge in [-0.3, -0.25) is 9.59 Å². The van der Waals surface area contributed by atoms with E-state index in [9.17, 15) is 23.1 Å². The van der Waals surface area contributed by atoms with Gasteiger partial charge in [-0.15, -0.1) is 0 Å². The van der Waals surface area contributed by atoms with Gasteiger partial charge in [0.25, 0.3) is 21.8 Å². The number of halogens is 1. The Morgan fingerprint density at radius 2 is 1.71 bits per heavy atom. The van der Waals surface area contributed by atoms with E-state index in [4.69, 9.17) is 11.6 Å². The molecule has 0 aliphatic heterocycles. The van der Waals surface area contributed by atoms with Crippen molar-refractivity contribution in [3.8, 4) is 0 Å². The second kappa shape index (κ2) is 7.99. The quantitative estimate of drug-likeness (QED) is 0.537. The molecule has 0 saturated carbocycles. The first kappa shape index (κ1) is 22.8. The Labute approximate surface area is 184 Å². The summed E-state index contributed by atoms with van der Waals surface area (Å²) >= 11 is 6.35. The number of aryl methyl sites for hydroxylation is 2. The number of sulfonamides is 1. The predicted molar refractivity (Wildman–Crippen MR) is 119 cm³/mol. The van der Waals surface area contributed by atoms with Gasteiger partial charge in [0.1, 0.15) is 11.3 Å². The fourth-order valence-corrected chi connectivity index (χ4v) is 4.24. The highest BCUT2D eigenvalue weighted by Crippen LogP contribution is 2.29. The molecule has 1 aromatic heterocycles. The van der Waals surface area contributed by atoms with Gasteiger partial charge in [0.05, 0.1) is 9.92 Å². The fraction of sp³-hybridized carbons (Fsp3) is 0.238. The molecule has 0 unspecified atom stereocenters. The second-order valence-corrected chi connectivity index (χ2v) is 9.75. The van der Waals surface area contributed by atoms with E-state index in [2.05, 4.69) is 5.32 Å². The largest absolute Gasteiger partial charge is 0.381 e. The number of carbonyl (C=O) groups excluding carboxylic acids is 2. The van der Waals surface area contributed by atoms with Crippen LogP contribution in [-0.2, 0) is 21.9 Å². The second-order valence-electron chi connectivity index (χ2n) is 7.69. The fourth-order valence-electron chi connectivity index (χ4n) is 2.92. The lowest BCUT2D eigenvalue weighted by Gasteiger charge is -2.16. The average molecular weight is 464 g/mol. The molecule has 2 aromatic carbocycles. The molecular formula is C21H22ClN3O5S. The summed E-state index contributed by atoms with van der Waals surface area (Å²) in [5, 5.41) is 13.7. The molecule has 3 rings (SSSR count). The highest BCUT2D eigenvalue weighted by Gasteiger charge is 2.28. The Bertz CT molecular complexity index is 1290. The van der Waals surface area contributed by atoms with E-state index in [1.54, 1.807) is 17.7 Å². The molecule has 0 aliphatic carbocycles. The van der Waals surface area contributed by atoms with Crippen molar-refractivity contribution in [1.82, 2.24) is 9.29 Å². The predicted octanol–water partition coefficient (Wildman–Crippen LogP) is 2.97. The number of rotatable bonds is 5. The molecule has 0 fully saturated rings. The zero-order valence-electron chi connectivity index (χ0n) is 17.4. The number of carbonyl (C=O) groups is 2. The van der Waals surface area contributed by atoms with Crippen LogP contribution in [0.4, 0.5) is 5.69 Å². The molecule has 164 valence electrons. The van der Waals surface area contributed by atoms with E-state index in [0.717, 1.165) is 16.5 Å². The topological polar surface area (TPSA) is 118 Å². The Morgan fingerprint density at radius 1 is 1.10 bits per heavy atom. The van der Waals surface area contributed by atoms with Crippen LogP contribution in [-0.4, -0.2) is 35.5 Å². The molecule has 8 nitrogen and oxygen atoms in total. The summed E-state index contributed by atoms with van der Waals surface area (Å²) in [5.41, 5.74) is 0.619. The molecule has 3 aromatic rings. The van der Waals surface area contributed by atoms with Gasteiger partial charge >= 0.3 is 0 Å². The zero-order valence-corrected chi connectivity index (χ0v) is 18.9. The molecule has 0 bridgehead atoms. The highest BCUT2D eigenvalue weighted by molar-refractivity contribution is 7.90. The number of nitrogens with one attached hydrogen (secondary N) is 2. The number of aromatic nitrogens is 1. The summed E-state index contributed by atoms with van der Waals surface area (Å²) < 4.78 is 28.1. The Hall–Kier alpha value is -2.88. The zero-order chi connectivity index (χ0) is 23.1. The summed E-state index contributed by atoms with van der Waals surface area (Å²) in [4.78, 5) is 24.3. The van der Waals surface area contributed by atoms with Crippen LogP contribution in [0.15, 0.2) is 47.4 Å². The molecule has 1 heterocycles. The molecule has 0 atom stereocenters. The minimum atomic E-state index is -4.16. The third kappa shape index (κ3) is 4.58. The molecule has 10 heteroatoms. The molecule has 0 radical (unpaired) electrons. The van der Waals surface area contributed by atoms with Crippen LogP contribution in [0.3, 0.4) is 0 Å². The highest BCUT2D eigenvalue weighted by atomic mass is 35.5. The van der Waals surface area contributed by atoms with Crippen molar-refractivity contribution < 1.29 is 23.1 Å². The summed E-state index contributed by atoms with van der Waals surface area (Å²) in [6.07, 6.45) is 0. The molecule has 0 spiro atoms. The van der Waals surface area contributed by atoms with E-state index in [-0.39, 0.29) is 4.90 Å². The number of hydrogen-bond acceptors (Lipinski definition) is 5. The van der Waals surface area contributed by atoms with Crippen LogP contribution in [0.1, 0.15) is 29.9 Å². The normalized spacial score (nSPS) is 12.1. The van der Waals surface area contributed by atoms with Gasteiger partial charge in [0.15, 0.2) is 0 Å². The minimum absolute atomic E-state index is 0.185. The van der Waals surface area contributed by atoms with Crippen molar-refractivity contribution >= 4 is 50.0 Å². The van der Waals surface area contributed by atoms with Crippen molar-refractivity contribution in [3.63, 3.8) is 0 Å². The summed E-state index contributed by atoms with van der Waals surface area (Å²) in [5.74, 6) is -1.44. The van der Waals surface area contributed by atoms with E-state index in [0.29, 0.717) is 16.4 Å². The number of hydrogen-bond donors (Lipinski definition) is 3. The smallest absolute Gasteiger partial charge is 0.272 e. The standard InChI is InChI=1S/C21H22ClN3O5S/c1-12-5-10-16-15(18(12)22)11-17(25(16)4)19(26)23-13-6-8-14(9-7-13)31(29,30)24-20(27)21(2,3)28/h5-11,28H,1-4H3,(H,23,26)(H,24,27). The van der Waals surface area contributed by atoms with E-state index >= 15 is 0 Å². The Balaban J connectivity index is 1.81. The first-order valence-corrected chi connectivity index (χ1v) is 11.1. The average Bonchev–Trinajstić information content (AvgIpc) is 3.01. The molecule has 2 amide bonds. The van der Waals surface area contributed by atoms with E-state index < -0.39 is 27.4 Å². The Morgan fingerprint density at radius 3 is 2.29 bits per heavy atom. The molecule has 31 heavy (non-hydrogen) atoms. The van der Waals surface area contributed by atoms with Gasteiger partial charge in [-0.2, -0.15) is 0 Å². The first-order valence-electron chi connectivity index (χ1n) is 9.27. The van der Waals surface area contributed by atoms with Crippen molar-refractivity contribution in [2.45, 2.75) is 31.3 Å². The number of amides is 2. The minimum Gasteiger partial charge on any atom is -0.381 e. The summed E-state index contributed by atoms with van der Waals surface area (Å²) in [6, 6.07) is 10.8. The lowest BCUT2D eigenvalue weighted by Crippen LogP contribution is -2.44. The van der Waals surface area contributed by atoms with Gasteiger partial charge in [-0.1, -0.05) is 17.7 Å². The van der Waals surface area contributed by atoms with Crippen LogP contribution in [0, 0.1) is 6.92 Å².